The second-order valence-corrected chi connectivity index (χ2v) is 7.33. The molecule has 0 atom stereocenters. The Morgan fingerprint density at radius 1 is 1.23 bits per heavy atom. The smallest absolute Gasteiger partial charge is 0.277 e. The molecule has 0 saturated heterocycles. The molecule has 0 unspecified atom stereocenters. The lowest BCUT2D eigenvalue weighted by atomic mass is 10.0. The van der Waals surface area contributed by atoms with Gasteiger partial charge in [0.1, 0.15) is 11.5 Å². The zero-order chi connectivity index (χ0) is 19.1. The van der Waals surface area contributed by atoms with Crippen molar-refractivity contribution in [1.29, 1.82) is 0 Å². The van der Waals surface area contributed by atoms with Crippen molar-refractivity contribution in [1.82, 2.24) is 5.43 Å². The molecule has 0 aliphatic heterocycles. The fourth-order valence-corrected chi connectivity index (χ4v) is 3.12. The molecule has 0 spiro atoms. The first-order valence-corrected chi connectivity index (χ1v) is 9.37. The predicted molar refractivity (Wildman–Crippen MR) is 112 cm³/mol. The summed E-state index contributed by atoms with van der Waals surface area (Å²) in [4.78, 5) is 12.0. The summed E-state index contributed by atoms with van der Waals surface area (Å²) in [7, 11) is 1.63. The first kappa shape index (κ1) is 20.2. The van der Waals surface area contributed by atoms with Crippen LogP contribution in [0.15, 0.2) is 41.5 Å². The van der Waals surface area contributed by atoms with Crippen LogP contribution in [0.3, 0.4) is 0 Å². The zero-order valence-corrected chi connectivity index (χ0v) is 17.5. The van der Waals surface area contributed by atoms with Crippen LogP contribution in [-0.2, 0) is 4.79 Å². The number of hydrogen-bond donors (Lipinski definition) is 1. The number of carbonyl (C=O) groups excluding carboxylic acids is 1. The highest BCUT2D eigenvalue weighted by Crippen LogP contribution is 2.27. The highest BCUT2D eigenvalue weighted by atomic mass is 127. The maximum atomic E-state index is 12.0. The van der Waals surface area contributed by atoms with Crippen molar-refractivity contribution in [2.75, 3.05) is 13.7 Å². The first-order chi connectivity index (χ1) is 12.4. The number of nitrogens with one attached hydrogen (secondary N) is 1. The summed E-state index contributed by atoms with van der Waals surface area (Å²) in [5.41, 5.74) is 5.53. The second kappa shape index (κ2) is 9.56. The van der Waals surface area contributed by atoms with Gasteiger partial charge in [-0.15, -0.1) is 0 Å². The van der Waals surface area contributed by atoms with E-state index in [9.17, 15) is 4.79 Å². The van der Waals surface area contributed by atoms with E-state index in [1.807, 2.05) is 43.3 Å². The number of aryl methyl sites for hydroxylation is 1. The molecular formula is C20H23IN2O3. The maximum absolute atomic E-state index is 12.0. The van der Waals surface area contributed by atoms with Crippen molar-refractivity contribution in [3.63, 3.8) is 0 Å². The van der Waals surface area contributed by atoms with Crippen LogP contribution in [0, 0.1) is 10.5 Å². The molecule has 0 heterocycles. The van der Waals surface area contributed by atoms with Gasteiger partial charge in [0.2, 0.25) is 0 Å². The molecule has 0 saturated carbocycles. The zero-order valence-electron chi connectivity index (χ0n) is 15.4. The normalized spacial score (nSPS) is 11.0. The summed E-state index contributed by atoms with van der Waals surface area (Å²) < 4.78 is 11.9. The number of amides is 1. The average Bonchev–Trinajstić information content (AvgIpc) is 2.60. The van der Waals surface area contributed by atoms with E-state index >= 15 is 0 Å². The van der Waals surface area contributed by atoms with Crippen LogP contribution in [0.5, 0.6) is 11.5 Å². The summed E-state index contributed by atoms with van der Waals surface area (Å²) in [6.45, 7) is 6.11. The number of methoxy groups -OCH3 is 1. The van der Waals surface area contributed by atoms with Crippen LogP contribution in [0.2, 0.25) is 0 Å². The monoisotopic (exact) mass is 466 g/mol. The van der Waals surface area contributed by atoms with Gasteiger partial charge in [0.25, 0.3) is 5.91 Å². The maximum Gasteiger partial charge on any atom is 0.277 e. The van der Waals surface area contributed by atoms with Crippen molar-refractivity contribution in [3.05, 3.63) is 56.7 Å². The third-order valence-corrected chi connectivity index (χ3v) is 4.57. The van der Waals surface area contributed by atoms with Crippen LogP contribution in [0.1, 0.15) is 36.5 Å². The number of ether oxygens (including phenoxy) is 2. The van der Waals surface area contributed by atoms with Crippen LogP contribution >= 0.6 is 22.6 Å². The Balaban J connectivity index is 1.91. The van der Waals surface area contributed by atoms with E-state index in [-0.39, 0.29) is 12.5 Å². The van der Waals surface area contributed by atoms with E-state index < -0.39 is 0 Å². The number of benzene rings is 2. The van der Waals surface area contributed by atoms with Crippen molar-refractivity contribution in [2.24, 2.45) is 5.10 Å². The Morgan fingerprint density at radius 2 is 2.00 bits per heavy atom. The van der Waals surface area contributed by atoms with E-state index in [0.717, 1.165) is 31.8 Å². The lowest BCUT2D eigenvalue weighted by Crippen LogP contribution is -2.25. The Labute approximate surface area is 167 Å². The third kappa shape index (κ3) is 5.72. The first-order valence-electron chi connectivity index (χ1n) is 8.29. The molecule has 5 nitrogen and oxygen atoms in total. The summed E-state index contributed by atoms with van der Waals surface area (Å²) in [6.07, 6.45) is 1.59. The van der Waals surface area contributed by atoms with E-state index in [1.54, 1.807) is 13.3 Å². The highest BCUT2D eigenvalue weighted by Gasteiger charge is 2.10. The minimum absolute atomic E-state index is 0.0827. The molecule has 26 heavy (non-hydrogen) atoms. The molecule has 6 heteroatoms. The van der Waals surface area contributed by atoms with Crippen molar-refractivity contribution in [2.45, 2.75) is 26.7 Å². The topological polar surface area (TPSA) is 59.9 Å². The van der Waals surface area contributed by atoms with Gasteiger partial charge in [-0.05, 0) is 76.4 Å². The van der Waals surface area contributed by atoms with Gasteiger partial charge in [0.15, 0.2) is 6.61 Å². The molecule has 0 aliphatic carbocycles. The van der Waals surface area contributed by atoms with Crippen LogP contribution in [0.25, 0.3) is 0 Å². The standard InChI is InChI=1S/C20H23IN2O3/c1-13(2)16-7-5-14(3)9-19(16)26-12-20(24)23-22-11-15-6-8-18(25-4)17(21)10-15/h5-11,13H,12H2,1-4H3,(H,23,24). The number of carbonyl (C=O) groups is 1. The largest absolute Gasteiger partial charge is 0.496 e. The molecule has 1 N–H and O–H groups in total. The average molecular weight is 466 g/mol. The molecule has 0 fully saturated rings. The Bertz CT molecular complexity index is 804. The van der Waals surface area contributed by atoms with Gasteiger partial charge in [-0.3, -0.25) is 4.79 Å². The van der Waals surface area contributed by atoms with E-state index in [4.69, 9.17) is 9.47 Å². The summed E-state index contributed by atoms with van der Waals surface area (Å²) in [5, 5.41) is 3.98. The van der Waals surface area contributed by atoms with E-state index in [1.165, 1.54) is 0 Å². The van der Waals surface area contributed by atoms with Crippen molar-refractivity contribution in [3.8, 4) is 11.5 Å². The second-order valence-electron chi connectivity index (χ2n) is 6.17. The number of hydrogen-bond acceptors (Lipinski definition) is 4. The fourth-order valence-electron chi connectivity index (χ4n) is 2.36. The number of rotatable bonds is 7. The van der Waals surface area contributed by atoms with Gasteiger partial charge in [0.05, 0.1) is 16.9 Å². The molecule has 2 rings (SSSR count). The van der Waals surface area contributed by atoms with Gasteiger partial charge in [-0.1, -0.05) is 26.0 Å². The molecule has 0 aromatic heterocycles. The van der Waals surface area contributed by atoms with E-state index in [2.05, 4.69) is 47.0 Å². The third-order valence-electron chi connectivity index (χ3n) is 3.73. The molecular weight excluding hydrogens is 443 g/mol. The highest BCUT2D eigenvalue weighted by molar-refractivity contribution is 14.1. The van der Waals surface area contributed by atoms with Crippen LogP contribution in [-0.4, -0.2) is 25.8 Å². The number of hydrazone groups is 1. The lowest BCUT2D eigenvalue weighted by Gasteiger charge is -2.14. The quantitative estimate of drug-likeness (QED) is 0.377. The van der Waals surface area contributed by atoms with Gasteiger partial charge < -0.3 is 9.47 Å². The Hall–Kier alpha value is -2.09. The SMILES string of the molecule is COc1ccc(C=NNC(=O)COc2cc(C)ccc2C(C)C)cc1I. The summed E-state index contributed by atoms with van der Waals surface area (Å²) >= 11 is 2.19. The van der Waals surface area contributed by atoms with Gasteiger partial charge in [0, 0.05) is 0 Å². The molecule has 2 aromatic rings. The molecule has 138 valence electrons. The number of halogens is 1. The van der Waals surface area contributed by atoms with Crippen LogP contribution in [0.4, 0.5) is 0 Å². The fraction of sp³-hybridized carbons (Fsp3) is 0.300. The lowest BCUT2D eigenvalue weighted by molar-refractivity contribution is -0.123. The van der Waals surface area contributed by atoms with Crippen LogP contribution < -0.4 is 14.9 Å². The molecule has 2 aromatic carbocycles. The minimum Gasteiger partial charge on any atom is -0.496 e. The minimum atomic E-state index is -0.305. The molecule has 0 bridgehead atoms. The molecule has 0 aliphatic rings. The summed E-state index contributed by atoms with van der Waals surface area (Å²) in [5.74, 6) is 1.56. The molecule has 0 radical (unpaired) electrons. The van der Waals surface area contributed by atoms with Crippen molar-refractivity contribution >= 4 is 34.7 Å². The Morgan fingerprint density at radius 3 is 2.65 bits per heavy atom. The number of nitrogens with zero attached hydrogens (tertiary/aromatic N) is 1. The van der Waals surface area contributed by atoms with E-state index in [0.29, 0.717) is 5.92 Å². The molecule has 1 amide bonds. The summed E-state index contributed by atoms with van der Waals surface area (Å²) in [6, 6.07) is 11.7. The predicted octanol–water partition coefficient (Wildman–Crippen LogP) is 4.26. The van der Waals surface area contributed by atoms with Gasteiger partial charge in [-0.25, -0.2) is 5.43 Å². The Kier molecular flexibility index (Phi) is 7.44. The van der Waals surface area contributed by atoms with Gasteiger partial charge in [-0.2, -0.15) is 5.10 Å². The van der Waals surface area contributed by atoms with Gasteiger partial charge >= 0.3 is 0 Å². The van der Waals surface area contributed by atoms with Crippen molar-refractivity contribution < 1.29 is 14.3 Å².